The van der Waals surface area contributed by atoms with Crippen LogP contribution in [0.25, 0.3) is 0 Å². The van der Waals surface area contributed by atoms with Crippen molar-refractivity contribution in [3.05, 3.63) is 0 Å². The molecular formula is C26H42O10. The molecule has 0 aromatic heterocycles. The first-order chi connectivity index (χ1) is 16.7. The van der Waals surface area contributed by atoms with Crippen LogP contribution < -0.4 is 0 Å². The first kappa shape index (κ1) is 30.0. The summed E-state index contributed by atoms with van der Waals surface area (Å²) in [5.41, 5.74) is 0. The van der Waals surface area contributed by atoms with Gasteiger partial charge in [-0.15, -0.1) is 0 Å². The first-order valence-electron chi connectivity index (χ1n) is 12.8. The minimum atomic E-state index is -1.05. The molecule has 36 heavy (non-hydrogen) atoms. The first-order valence-corrected chi connectivity index (χ1v) is 12.8. The molecule has 2 aliphatic rings. The molecule has 10 heteroatoms. The zero-order chi connectivity index (χ0) is 27.5. The Morgan fingerprint density at radius 3 is 1.08 bits per heavy atom. The number of carbonyl (C=O) groups excluding carboxylic acids is 2. The zero-order valence-corrected chi connectivity index (χ0v) is 22.5. The Bertz CT molecular complexity index is 739. The SMILES string of the molecule is CC(C)C(C(=O)O)C(C(=O)O[C@@H]1CO[C@H]2[C@@H]1OC[C@H]2OC(=O)C(C(C)C)C(C(=O)O)C(C)C)C(C)C. The number of hydrogen-bond acceptors (Lipinski definition) is 8. The Balaban J connectivity index is 2.10. The monoisotopic (exact) mass is 514 g/mol. The lowest BCUT2D eigenvalue weighted by Gasteiger charge is -2.30. The zero-order valence-electron chi connectivity index (χ0n) is 22.5. The molecule has 2 N–H and O–H groups in total. The van der Waals surface area contributed by atoms with Gasteiger partial charge in [0.1, 0.15) is 12.2 Å². The smallest absolute Gasteiger partial charge is 0.310 e. The van der Waals surface area contributed by atoms with E-state index in [-0.39, 0.29) is 36.9 Å². The lowest BCUT2D eigenvalue weighted by Crippen LogP contribution is -2.43. The van der Waals surface area contributed by atoms with Gasteiger partial charge in [0.25, 0.3) is 0 Å². The van der Waals surface area contributed by atoms with E-state index >= 15 is 0 Å². The summed E-state index contributed by atoms with van der Waals surface area (Å²) in [5, 5.41) is 19.4. The fourth-order valence-corrected chi connectivity index (χ4v) is 5.46. The molecule has 0 aromatic carbocycles. The number of esters is 2. The molecule has 0 amide bonds. The molecule has 2 heterocycles. The van der Waals surface area contributed by atoms with Crippen molar-refractivity contribution in [3.8, 4) is 0 Å². The summed E-state index contributed by atoms with van der Waals surface area (Å²) < 4.78 is 23.0. The van der Waals surface area contributed by atoms with E-state index in [9.17, 15) is 29.4 Å². The second-order valence-electron chi connectivity index (χ2n) is 11.3. The van der Waals surface area contributed by atoms with Gasteiger partial charge in [0.05, 0.1) is 36.9 Å². The van der Waals surface area contributed by atoms with Gasteiger partial charge >= 0.3 is 23.9 Å². The number of fused-ring (bicyclic) bond motifs is 1. The van der Waals surface area contributed by atoms with E-state index in [1.54, 1.807) is 55.4 Å². The number of carbonyl (C=O) groups is 4. The average Bonchev–Trinajstić information content (AvgIpc) is 3.31. The summed E-state index contributed by atoms with van der Waals surface area (Å²) >= 11 is 0. The maximum absolute atomic E-state index is 13.1. The number of carboxylic acid groups (broad SMARTS) is 2. The molecule has 0 aliphatic carbocycles. The van der Waals surface area contributed by atoms with Crippen molar-refractivity contribution in [2.45, 2.75) is 79.8 Å². The lowest BCUT2D eigenvalue weighted by atomic mass is 9.77. The van der Waals surface area contributed by atoms with E-state index in [0.717, 1.165) is 0 Å². The topological polar surface area (TPSA) is 146 Å². The highest BCUT2D eigenvalue weighted by Gasteiger charge is 2.53. The molecule has 10 nitrogen and oxygen atoms in total. The van der Waals surface area contributed by atoms with E-state index in [4.69, 9.17) is 18.9 Å². The molecule has 0 bridgehead atoms. The van der Waals surface area contributed by atoms with Crippen molar-refractivity contribution < 1.29 is 48.3 Å². The summed E-state index contributed by atoms with van der Waals surface area (Å²) in [6.45, 7) is 14.2. The van der Waals surface area contributed by atoms with Crippen molar-refractivity contribution in [2.75, 3.05) is 13.2 Å². The van der Waals surface area contributed by atoms with E-state index in [0.29, 0.717) is 0 Å². The molecule has 2 aliphatic heterocycles. The van der Waals surface area contributed by atoms with Crippen molar-refractivity contribution in [1.82, 2.24) is 0 Å². The van der Waals surface area contributed by atoms with Crippen LogP contribution in [0.2, 0.25) is 0 Å². The van der Waals surface area contributed by atoms with Crippen molar-refractivity contribution in [1.29, 1.82) is 0 Å². The molecule has 0 spiro atoms. The van der Waals surface area contributed by atoms with Gasteiger partial charge in [-0.2, -0.15) is 0 Å². The summed E-state index contributed by atoms with van der Waals surface area (Å²) in [7, 11) is 0. The Labute approximate surface area is 213 Å². The third kappa shape index (κ3) is 6.56. The fourth-order valence-electron chi connectivity index (χ4n) is 5.46. The van der Waals surface area contributed by atoms with Crippen LogP contribution in [0.5, 0.6) is 0 Å². The average molecular weight is 515 g/mol. The highest BCUT2D eigenvalue weighted by atomic mass is 16.7. The maximum atomic E-state index is 13.1. The van der Waals surface area contributed by atoms with E-state index in [1.807, 2.05) is 0 Å². The van der Waals surface area contributed by atoms with Gasteiger partial charge in [0.15, 0.2) is 12.2 Å². The number of hydrogen-bond donors (Lipinski definition) is 2. The fraction of sp³-hybridized carbons (Fsp3) is 0.846. The number of ether oxygens (including phenoxy) is 4. The molecule has 0 aromatic rings. The van der Waals surface area contributed by atoms with Gasteiger partial charge in [0, 0.05) is 0 Å². The lowest BCUT2D eigenvalue weighted by molar-refractivity contribution is -0.170. The molecular weight excluding hydrogens is 472 g/mol. The Morgan fingerprint density at radius 1 is 0.583 bits per heavy atom. The summed E-state index contributed by atoms with van der Waals surface area (Å²) in [6.07, 6.45) is -2.87. The van der Waals surface area contributed by atoms with Crippen molar-refractivity contribution in [2.24, 2.45) is 47.3 Å². The minimum Gasteiger partial charge on any atom is -0.481 e. The van der Waals surface area contributed by atoms with Crippen molar-refractivity contribution in [3.63, 3.8) is 0 Å². The van der Waals surface area contributed by atoms with Crippen LogP contribution in [-0.2, 0) is 38.1 Å². The molecule has 2 fully saturated rings. The van der Waals surface area contributed by atoms with Gasteiger partial charge in [-0.3, -0.25) is 19.2 Å². The summed E-state index contributed by atoms with van der Waals surface area (Å²) in [4.78, 5) is 49.8. The van der Waals surface area contributed by atoms with Gasteiger partial charge in [-0.25, -0.2) is 0 Å². The molecule has 0 saturated carbocycles. The highest BCUT2D eigenvalue weighted by Crippen LogP contribution is 2.36. The summed E-state index contributed by atoms with van der Waals surface area (Å²) in [6, 6.07) is 0. The van der Waals surface area contributed by atoms with E-state index in [1.165, 1.54) is 0 Å². The Kier molecular flexibility index (Phi) is 10.3. The standard InChI is InChI=1S/C26H42O10/c1-11(2)17(23(27)28)19(13(5)6)25(31)35-15-9-33-22-16(10-34-21(15)22)36-26(32)20(14(7)8)18(12(3)4)24(29)30/h11-22H,9-10H2,1-8H3,(H,27,28)(H,29,30)/t15-,16-,17?,18?,19?,20?,21-,22-/m1/s1. The molecule has 0 radical (unpaired) electrons. The largest absolute Gasteiger partial charge is 0.481 e. The number of aliphatic carboxylic acids is 2. The molecule has 4 unspecified atom stereocenters. The summed E-state index contributed by atoms with van der Waals surface area (Å²) in [5.74, 6) is -7.86. The Morgan fingerprint density at radius 2 is 0.861 bits per heavy atom. The molecule has 2 rings (SSSR count). The minimum absolute atomic E-state index is 0.0245. The van der Waals surface area contributed by atoms with Crippen LogP contribution in [-0.4, -0.2) is 71.7 Å². The third-order valence-electron chi connectivity index (χ3n) is 7.26. The highest BCUT2D eigenvalue weighted by molar-refractivity contribution is 5.82. The van der Waals surface area contributed by atoms with Crippen LogP contribution in [0.1, 0.15) is 55.4 Å². The molecule has 206 valence electrons. The van der Waals surface area contributed by atoms with Crippen molar-refractivity contribution >= 4 is 23.9 Å². The van der Waals surface area contributed by atoms with Crippen LogP contribution in [0.4, 0.5) is 0 Å². The van der Waals surface area contributed by atoms with E-state index in [2.05, 4.69) is 0 Å². The number of carboxylic acids is 2. The maximum Gasteiger partial charge on any atom is 0.310 e. The molecule has 8 atom stereocenters. The second kappa shape index (κ2) is 12.4. The molecule has 2 saturated heterocycles. The van der Waals surface area contributed by atoms with Gasteiger partial charge in [-0.1, -0.05) is 55.4 Å². The van der Waals surface area contributed by atoms with Crippen LogP contribution in [0.15, 0.2) is 0 Å². The van der Waals surface area contributed by atoms with Crippen LogP contribution in [0, 0.1) is 47.3 Å². The quantitative estimate of drug-likeness (QED) is 0.373. The van der Waals surface area contributed by atoms with Crippen LogP contribution in [0.3, 0.4) is 0 Å². The number of rotatable bonds is 12. The predicted molar refractivity (Wildman–Crippen MR) is 128 cm³/mol. The van der Waals surface area contributed by atoms with Gasteiger partial charge in [-0.05, 0) is 23.7 Å². The van der Waals surface area contributed by atoms with Gasteiger partial charge < -0.3 is 29.2 Å². The normalized spacial score (nSPS) is 27.1. The van der Waals surface area contributed by atoms with Gasteiger partial charge in [0.2, 0.25) is 0 Å². The Hall–Kier alpha value is -2.20. The van der Waals surface area contributed by atoms with Crippen LogP contribution >= 0.6 is 0 Å². The van der Waals surface area contributed by atoms with E-state index < -0.39 is 72.0 Å². The third-order valence-corrected chi connectivity index (χ3v) is 7.26. The second-order valence-corrected chi connectivity index (χ2v) is 11.3. The predicted octanol–water partition coefficient (Wildman–Crippen LogP) is 2.87.